The number of hydrogen-bond donors (Lipinski definition) is 0. The molecule has 9 heteroatoms. The molecule has 2 rings (SSSR count). The molecule has 1 atom stereocenters. The monoisotopic (exact) mass is 276 g/mol. The maximum Gasteiger partial charge on any atom is 0.312 e. The minimum Gasteiger partial charge on any atom is -0.291 e. The number of carbonyl (C=O) groups excluding carboxylic acids is 1. The van der Waals surface area contributed by atoms with Gasteiger partial charge < -0.3 is 0 Å². The Bertz CT molecular complexity index is 610. The van der Waals surface area contributed by atoms with Crippen molar-refractivity contribution in [2.24, 2.45) is 11.0 Å². The Labute approximate surface area is 114 Å². The van der Waals surface area contributed by atoms with Crippen molar-refractivity contribution in [3.8, 4) is 0 Å². The average Bonchev–Trinajstić information content (AvgIpc) is 2.77. The third kappa shape index (κ3) is 2.67. The largest absolute Gasteiger partial charge is 0.312 e. The Morgan fingerprint density at radius 3 is 3.10 bits per heavy atom. The summed E-state index contributed by atoms with van der Waals surface area (Å²) in [5.74, 6) is -0.335. The summed E-state index contributed by atoms with van der Waals surface area (Å²) in [6, 6.07) is 1.39. The van der Waals surface area contributed by atoms with Crippen molar-refractivity contribution in [2.45, 2.75) is 13.3 Å². The highest BCUT2D eigenvalue weighted by Gasteiger charge is 2.34. The van der Waals surface area contributed by atoms with Crippen LogP contribution in [0.4, 0.5) is 11.5 Å². The molecule has 2 heterocycles. The minimum absolute atomic E-state index is 0.0500. The standard InChI is InChI=1S/C11H12N6O3/c1-7-2-9(17(19)20)11(13-4-7)16-6-8(3-10(16)18)5-14-15-12/h2,4,8H,3,5-6H2,1H3. The highest BCUT2D eigenvalue weighted by Crippen LogP contribution is 2.31. The molecule has 0 N–H and O–H groups in total. The van der Waals surface area contributed by atoms with Gasteiger partial charge in [0.2, 0.25) is 11.7 Å². The number of amides is 1. The lowest BCUT2D eigenvalue weighted by atomic mass is 10.1. The number of anilines is 1. The van der Waals surface area contributed by atoms with Crippen LogP contribution in [-0.2, 0) is 4.79 Å². The van der Waals surface area contributed by atoms with E-state index in [1.54, 1.807) is 6.92 Å². The summed E-state index contributed by atoms with van der Waals surface area (Å²) in [5.41, 5.74) is 8.74. The van der Waals surface area contributed by atoms with E-state index in [-0.39, 0.29) is 42.8 Å². The lowest BCUT2D eigenvalue weighted by Gasteiger charge is -2.15. The van der Waals surface area contributed by atoms with Crippen LogP contribution >= 0.6 is 0 Å². The molecule has 0 bridgehead atoms. The fourth-order valence-corrected chi connectivity index (χ4v) is 2.15. The molecule has 1 amide bonds. The highest BCUT2D eigenvalue weighted by molar-refractivity contribution is 5.96. The first-order chi connectivity index (χ1) is 9.52. The normalized spacial score (nSPS) is 17.9. The molecule has 1 aliphatic heterocycles. The second kappa shape index (κ2) is 5.54. The molecule has 104 valence electrons. The van der Waals surface area contributed by atoms with Crippen LogP contribution in [0.25, 0.3) is 10.4 Å². The van der Waals surface area contributed by atoms with Crippen molar-refractivity contribution in [3.63, 3.8) is 0 Å². The Morgan fingerprint density at radius 1 is 1.70 bits per heavy atom. The topological polar surface area (TPSA) is 125 Å². The molecule has 1 fully saturated rings. The third-order valence-electron chi connectivity index (χ3n) is 3.04. The van der Waals surface area contributed by atoms with Gasteiger partial charge in [0.25, 0.3) is 0 Å². The summed E-state index contributed by atoms with van der Waals surface area (Å²) in [6.07, 6.45) is 1.68. The molecular formula is C11H12N6O3. The number of pyridine rings is 1. The van der Waals surface area contributed by atoms with E-state index in [1.807, 2.05) is 0 Å². The van der Waals surface area contributed by atoms with Crippen LogP contribution in [-0.4, -0.2) is 28.9 Å². The van der Waals surface area contributed by atoms with Gasteiger partial charge in [-0.1, -0.05) is 5.11 Å². The molecule has 20 heavy (non-hydrogen) atoms. The Morgan fingerprint density at radius 2 is 2.45 bits per heavy atom. The van der Waals surface area contributed by atoms with Crippen molar-refractivity contribution < 1.29 is 9.72 Å². The first-order valence-corrected chi connectivity index (χ1v) is 5.95. The van der Waals surface area contributed by atoms with Crippen LogP contribution in [0.2, 0.25) is 0 Å². The molecule has 9 nitrogen and oxygen atoms in total. The molecule has 1 saturated heterocycles. The number of rotatable bonds is 4. The molecule has 0 aromatic carbocycles. The summed E-state index contributed by atoms with van der Waals surface area (Å²) in [6.45, 7) is 2.16. The van der Waals surface area contributed by atoms with Gasteiger partial charge in [-0.25, -0.2) is 4.98 Å². The number of nitro groups is 1. The summed E-state index contributed by atoms with van der Waals surface area (Å²) in [4.78, 5) is 30.4. The van der Waals surface area contributed by atoms with E-state index in [9.17, 15) is 14.9 Å². The molecule has 1 unspecified atom stereocenters. The summed E-state index contributed by atoms with van der Waals surface area (Å²) < 4.78 is 0. The quantitative estimate of drug-likeness (QED) is 0.274. The first kappa shape index (κ1) is 13.8. The van der Waals surface area contributed by atoms with Crippen LogP contribution in [0.1, 0.15) is 12.0 Å². The number of aryl methyl sites for hydroxylation is 1. The zero-order valence-electron chi connectivity index (χ0n) is 10.8. The second-order valence-electron chi connectivity index (χ2n) is 4.60. The van der Waals surface area contributed by atoms with Crippen LogP contribution in [0.5, 0.6) is 0 Å². The van der Waals surface area contributed by atoms with Gasteiger partial charge in [0.1, 0.15) is 0 Å². The zero-order chi connectivity index (χ0) is 14.7. The van der Waals surface area contributed by atoms with Gasteiger partial charge in [-0.3, -0.25) is 19.8 Å². The van der Waals surface area contributed by atoms with Gasteiger partial charge in [0.05, 0.1) is 4.92 Å². The molecular weight excluding hydrogens is 264 g/mol. The Hall–Kier alpha value is -2.67. The summed E-state index contributed by atoms with van der Waals surface area (Å²) >= 11 is 0. The lowest BCUT2D eigenvalue weighted by Crippen LogP contribution is -2.26. The smallest absolute Gasteiger partial charge is 0.291 e. The maximum atomic E-state index is 11.9. The first-order valence-electron chi connectivity index (χ1n) is 5.95. The van der Waals surface area contributed by atoms with Gasteiger partial charge >= 0.3 is 5.69 Å². The fourth-order valence-electron chi connectivity index (χ4n) is 2.15. The van der Waals surface area contributed by atoms with Crippen LogP contribution in [0, 0.1) is 23.0 Å². The molecule has 0 saturated carbocycles. The Balaban J connectivity index is 2.30. The number of azide groups is 1. The van der Waals surface area contributed by atoms with E-state index < -0.39 is 4.92 Å². The molecule has 1 aromatic rings. The van der Waals surface area contributed by atoms with Gasteiger partial charge in [-0.2, -0.15) is 0 Å². The van der Waals surface area contributed by atoms with Crippen molar-refractivity contribution in [3.05, 3.63) is 38.4 Å². The zero-order valence-corrected chi connectivity index (χ0v) is 10.8. The van der Waals surface area contributed by atoms with Crippen molar-refractivity contribution in [1.82, 2.24) is 4.98 Å². The number of hydrogen-bond acceptors (Lipinski definition) is 5. The van der Waals surface area contributed by atoms with Crippen LogP contribution < -0.4 is 4.90 Å². The van der Waals surface area contributed by atoms with E-state index in [1.165, 1.54) is 17.2 Å². The molecule has 1 aliphatic rings. The number of aromatic nitrogens is 1. The van der Waals surface area contributed by atoms with E-state index in [2.05, 4.69) is 15.0 Å². The minimum atomic E-state index is -0.552. The third-order valence-corrected chi connectivity index (χ3v) is 3.04. The van der Waals surface area contributed by atoms with Crippen LogP contribution in [0.3, 0.4) is 0 Å². The highest BCUT2D eigenvalue weighted by atomic mass is 16.6. The SMILES string of the molecule is Cc1cnc(N2CC(CN=[N+]=[N-])CC2=O)c([N+](=O)[O-])c1. The summed E-state index contributed by atoms with van der Waals surface area (Å²) in [5, 5.41) is 14.5. The van der Waals surface area contributed by atoms with E-state index >= 15 is 0 Å². The molecule has 0 radical (unpaired) electrons. The van der Waals surface area contributed by atoms with E-state index in [0.29, 0.717) is 5.56 Å². The predicted octanol–water partition coefficient (Wildman–Crippen LogP) is 1.96. The van der Waals surface area contributed by atoms with E-state index in [4.69, 9.17) is 5.53 Å². The molecule has 1 aromatic heterocycles. The van der Waals surface area contributed by atoms with Crippen molar-refractivity contribution in [1.29, 1.82) is 0 Å². The van der Waals surface area contributed by atoms with Crippen molar-refractivity contribution >= 4 is 17.4 Å². The molecule has 0 spiro atoms. The number of carbonyl (C=O) groups is 1. The molecule has 0 aliphatic carbocycles. The summed E-state index contributed by atoms with van der Waals surface area (Å²) in [7, 11) is 0. The second-order valence-corrected chi connectivity index (χ2v) is 4.60. The van der Waals surface area contributed by atoms with Gasteiger partial charge in [-0.15, -0.1) is 0 Å². The number of nitrogens with zero attached hydrogens (tertiary/aromatic N) is 6. The average molecular weight is 276 g/mol. The Kier molecular flexibility index (Phi) is 3.81. The van der Waals surface area contributed by atoms with Gasteiger partial charge in [0.15, 0.2) is 0 Å². The van der Waals surface area contributed by atoms with Crippen molar-refractivity contribution in [2.75, 3.05) is 18.0 Å². The van der Waals surface area contributed by atoms with Gasteiger partial charge in [0, 0.05) is 36.7 Å². The maximum absolute atomic E-state index is 11.9. The van der Waals surface area contributed by atoms with Gasteiger partial charge in [-0.05, 0) is 23.9 Å². The van der Waals surface area contributed by atoms with E-state index in [0.717, 1.165) is 0 Å². The fraction of sp³-hybridized carbons (Fsp3) is 0.455. The van der Waals surface area contributed by atoms with Crippen LogP contribution in [0.15, 0.2) is 17.4 Å². The predicted molar refractivity (Wildman–Crippen MR) is 70.1 cm³/mol. The lowest BCUT2D eigenvalue weighted by molar-refractivity contribution is -0.384.